The fraction of sp³-hybridized carbons (Fsp3) is 0.286. The van der Waals surface area contributed by atoms with Gasteiger partial charge in [-0.1, -0.05) is 56.0 Å². The summed E-state index contributed by atoms with van der Waals surface area (Å²) in [6.45, 7) is 1.05. The molecule has 8 nitrogen and oxygen atoms in total. The van der Waals surface area contributed by atoms with Gasteiger partial charge in [0.2, 0.25) is 5.91 Å². The highest BCUT2D eigenvalue weighted by molar-refractivity contribution is 7.99. The van der Waals surface area contributed by atoms with Gasteiger partial charge in [-0.3, -0.25) is 15.2 Å². The molecule has 32 heavy (non-hydrogen) atoms. The van der Waals surface area contributed by atoms with Gasteiger partial charge in [0.25, 0.3) is 0 Å². The molecule has 1 amide bonds. The van der Waals surface area contributed by atoms with Gasteiger partial charge in [0.15, 0.2) is 6.04 Å². The molecule has 1 unspecified atom stereocenters. The lowest BCUT2D eigenvalue weighted by Gasteiger charge is -2.26. The number of amides is 1. The third kappa shape index (κ3) is 4.75. The first-order valence-corrected chi connectivity index (χ1v) is 11.8. The van der Waals surface area contributed by atoms with E-state index in [0.717, 1.165) is 21.6 Å². The molecule has 11 heteroatoms. The number of carbonyl (C=O) groups is 1. The molecule has 2 aliphatic heterocycles. The van der Waals surface area contributed by atoms with Crippen LogP contribution in [0.2, 0.25) is 0 Å². The number of anilines is 2. The van der Waals surface area contributed by atoms with Crippen LogP contribution < -0.4 is 16.0 Å². The van der Waals surface area contributed by atoms with Gasteiger partial charge in [-0.25, -0.2) is 0 Å². The van der Waals surface area contributed by atoms with Crippen LogP contribution in [0.3, 0.4) is 0 Å². The second kappa shape index (κ2) is 9.48. The van der Waals surface area contributed by atoms with E-state index in [9.17, 15) is 4.79 Å². The Balaban J connectivity index is 1.42. The zero-order chi connectivity index (χ0) is 22.8. The summed E-state index contributed by atoms with van der Waals surface area (Å²) in [6, 6.07) is 12.8. The van der Waals surface area contributed by atoms with Crippen molar-refractivity contribution in [3.8, 4) is 0 Å². The fourth-order valence-corrected chi connectivity index (χ4v) is 5.33. The lowest BCUT2D eigenvalue weighted by Crippen LogP contribution is -2.50. The molecule has 2 aromatic carbocycles. The molecule has 0 aromatic heterocycles. The van der Waals surface area contributed by atoms with Gasteiger partial charge >= 0.3 is 0 Å². The molecule has 2 aromatic rings. The molecule has 4 N–H and O–H groups in total. The Morgan fingerprint density at radius 2 is 2.12 bits per heavy atom. The van der Waals surface area contributed by atoms with E-state index in [1.807, 2.05) is 48.3 Å². The minimum atomic E-state index is -0.557. The smallest absolute Gasteiger partial charge is 0.249 e. The summed E-state index contributed by atoms with van der Waals surface area (Å²) in [5, 5.41) is 20.8. The number of fused-ring (bicyclic) bond motifs is 1. The molecule has 2 heterocycles. The van der Waals surface area contributed by atoms with Crippen LogP contribution in [0.5, 0.6) is 0 Å². The third-order valence-electron chi connectivity index (χ3n) is 5.35. The number of hydrogen-bond acceptors (Lipinski definition) is 7. The predicted octanol–water partition coefficient (Wildman–Crippen LogP) is 3.38. The van der Waals surface area contributed by atoms with Crippen molar-refractivity contribution in [2.24, 2.45) is 10.3 Å². The summed E-state index contributed by atoms with van der Waals surface area (Å²) in [5.74, 6) is 0.434. The summed E-state index contributed by atoms with van der Waals surface area (Å²) >= 11 is 7.47. The van der Waals surface area contributed by atoms with E-state index in [-0.39, 0.29) is 17.1 Å². The van der Waals surface area contributed by atoms with Crippen molar-refractivity contribution in [3.05, 3.63) is 53.6 Å². The van der Waals surface area contributed by atoms with Gasteiger partial charge in [0, 0.05) is 28.9 Å². The molecule has 0 saturated heterocycles. The van der Waals surface area contributed by atoms with Crippen molar-refractivity contribution >= 4 is 60.1 Å². The zero-order valence-electron chi connectivity index (χ0n) is 17.4. The Morgan fingerprint density at radius 1 is 1.38 bits per heavy atom. The Hall–Kier alpha value is -2.61. The maximum atomic E-state index is 12.9. The van der Waals surface area contributed by atoms with Gasteiger partial charge < -0.3 is 16.0 Å². The maximum Gasteiger partial charge on any atom is 0.249 e. The third-order valence-corrected chi connectivity index (χ3v) is 7.38. The molecule has 166 valence electrons. The molecule has 0 radical (unpaired) electrons. The summed E-state index contributed by atoms with van der Waals surface area (Å²) < 4.78 is 0. The number of carbonyl (C=O) groups excluding carboxylic acids is 1. The largest absolute Gasteiger partial charge is 0.398 e. The van der Waals surface area contributed by atoms with Gasteiger partial charge in [-0.15, -0.1) is 11.8 Å². The molecule has 0 aliphatic carbocycles. The normalized spacial score (nSPS) is 20.1. The average molecular weight is 488 g/mol. The molecule has 0 fully saturated rings. The van der Waals surface area contributed by atoms with E-state index in [1.54, 1.807) is 22.8 Å². The summed E-state index contributed by atoms with van der Waals surface area (Å²) in [6.07, 6.45) is 0. The minimum Gasteiger partial charge on any atom is -0.398 e. The highest BCUT2D eigenvalue weighted by Crippen LogP contribution is 2.38. The van der Waals surface area contributed by atoms with E-state index in [4.69, 9.17) is 22.7 Å². The second-order valence-electron chi connectivity index (χ2n) is 7.59. The Labute approximate surface area is 197 Å². The number of hydrogen-bond donors (Lipinski definition) is 3. The number of nitrogens with two attached hydrogens (primary N) is 1. The first-order chi connectivity index (χ1) is 15.3. The summed E-state index contributed by atoms with van der Waals surface area (Å²) in [7, 11) is 5.60. The number of halogens is 1. The van der Waals surface area contributed by atoms with Crippen LogP contribution in [0.15, 0.2) is 57.7 Å². The number of nitrogens with one attached hydrogen (secondary N) is 2. The predicted molar refractivity (Wildman–Crippen MR) is 133 cm³/mol. The van der Waals surface area contributed by atoms with Crippen LogP contribution in [0.4, 0.5) is 11.4 Å². The fourth-order valence-electron chi connectivity index (χ4n) is 3.58. The van der Waals surface area contributed by atoms with E-state index < -0.39 is 6.04 Å². The summed E-state index contributed by atoms with van der Waals surface area (Å²) in [4.78, 5) is 15.8. The molecule has 2 aliphatic rings. The summed E-state index contributed by atoms with van der Waals surface area (Å²) in [5.41, 5.74) is 9.77. The minimum absolute atomic E-state index is 0.111. The maximum absolute atomic E-state index is 12.9. The zero-order valence-corrected chi connectivity index (χ0v) is 20.0. The monoisotopic (exact) mass is 487 g/mol. The molecular weight excluding hydrogens is 465 g/mol. The second-order valence-corrected chi connectivity index (χ2v) is 9.54. The number of nitrogens with zero attached hydrogens (tertiary/aromatic N) is 4. The van der Waals surface area contributed by atoms with Crippen LogP contribution in [0, 0.1) is 5.41 Å². The highest BCUT2D eigenvalue weighted by Gasteiger charge is 2.31. The van der Waals surface area contributed by atoms with Crippen LogP contribution in [0.1, 0.15) is 11.1 Å². The SMILES string of the molecule is CN1C(=P)[C@@H](NC(=O)C2CN(Cc3ccccc3)N=N2)CSc2cc(N)c(C(=N)Cl)cc21. The molecular formula is C21H23ClN7OPS. The Bertz CT molecular complexity index is 1100. The first-order valence-electron chi connectivity index (χ1n) is 9.96. The van der Waals surface area contributed by atoms with Crippen molar-refractivity contribution in [1.82, 2.24) is 10.3 Å². The van der Waals surface area contributed by atoms with Gasteiger partial charge in [0.05, 0.1) is 30.2 Å². The molecule has 2 atom stereocenters. The van der Waals surface area contributed by atoms with Crippen LogP contribution >= 0.6 is 32.2 Å². The molecule has 0 spiro atoms. The number of thioether (sulfide) groups is 1. The first kappa shape index (κ1) is 22.6. The molecule has 4 rings (SSSR count). The molecule has 0 saturated carbocycles. The average Bonchev–Trinajstić information content (AvgIpc) is 3.20. The highest BCUT2D eigenvalue weighted by atomic mass is 35.5. The van der Waals surface area contributed by atoms with E-state index in [1.165, 1.54) is 0 Å². The van der Waals surface area contributed by atoms with Crippen LogP contribution in [-0.2, 0) is 11.3 Å². The van der Waals surface area contributed by atoms with Gasteiger partial charge in [-0.05, 0) is 17.7 Å². The quantitative estimate of drug-likeness (QED) is 0.340. The topological polar surface area (TPSA) is 110 Å². The van der Waals surface area contributed by atoms with Gasteiger partial charge in [-0.2, -0.15) is 5.11 Å². The number of nitrogen functional groups attached to an aromatic ring is 1. The van der Waals surface area contributed by atoms with Crippen LogP contribution in [-0.4, -0.2) is 52.9 Å². The van der Waals surface area contributed by atoms with E-state index in [2.05, 4.69) is 24.5 Å². The standard InChI is InChI=1S/C21H23ClN7OPS/c1-28-17-7-13(19(22)24)14(23)8-18(17)32-11-16(21(28)31)25-20(30)15-10-29(27-26-15)9-12-5-3-2-4-6-12/h2-8,15-16,24,31H,9-11,23H2,1H3,(H,25,30)/t15?,16-/m0/s1. The number of likely N-dealkylation sites (N-methyl/N-ethyl adjacent to an activating group) is 1. The number of benzene rings is 2. The van der Waals surface area contributed by atoms with Gasteiger partial charge in [0.1, 0.15) is 5.17 Å². The molecule has 0 bridgehead atoms. The lowest BCUT2D eigenvalue weighted by atomic mass is 10.1. The van der Waals surface area contributed by atoms with E-state index in [0.29, 0.717) is 30.1 Å². The van der Waals surface area contributed by atoms with Crippen molar-refractivity contribution < 1.29 is 4.79 Å². The van der Waals surface area contributed by atoms with Crippen molar-refractivity contribution in [2.45, 2.75) is 23.5 Å². The van der Waals surface area contributed by atoms with E-state index >= 15 is 0 Å². The Kier molecular flexibility index (Phi) is 6.69. The van der Waals surface area contributed by atoms with Crippen molar-refractivity contribution in [1.29, 1.82) is 5.41 Å². The number of rotatable bonds is 5. The van der Waals surface area contributed by atoms with Crippen molar-refractivity contribution in [2.75, 3.05) is 30.0 Å². The lowest BCUT2D eigenvalue weighted by molar-refractivity contribution is -0.122. The van der Waals surface area contributed by atoms with Crippen LogP contribution in [0.25, 0.3) is 0 Å². The van der Waals surface area contributed by atoms with Crippen molar-refractivity contribution in [3.63, 3.8) is 0 Å². The Morgan fingerprint density at radius 3 is 2.84 bits per heavy atom.